The van der Waals surface area contributed by atoms with E-state index in [2.05, 4.69) is 29.4 Å². The van der Waals surface area contributed by atoms with E-state index in [4.69, 9.17) is 4.74 Å². The number of hydrogen-bond acceptors (Lipinski definition) is 3. The van der Waals surface area contributed by atoms with Gasteiger partial charge in [-0.3, -0.25) is 0 Å². The average molecular weight is 325 g/mol. The van der Waals surface area contributed by atoms with Gasteiger partial charge in [0.15, 0.2) is 0 Å². The number of halogens is 1. The largest absolute Gasteiger partial charge is 1.00 e. The van der Waals surface area contributed by atoms with Crippen LogP contribution in [0.3, 0.4) is 0 Å². The molecular formula is C17H25ClN2O2. The smallest absolute Gasteiger partial charge is 1.00 e. The number of aromatic nitrogens is 1. The van der Waals surface area contributed by atoms with Gasteiger partial charge in [0, 0.05) is 24.0 Å². The van der Waals surface area contributed by atoms with E-state index in [9.17, 15) is 4.79 Å². The van der Waals surface area contributed by atoms with Gasteiger partial charge in [-0.15, -0.1) is 0 Å². The molecule has 0 saturated heterocycles. The summed E-state index contributed by atoms with van der Waals surface area (Å²) < 4.78 is 7.26. The number of ether oxygens (including phenoxy) is 1. The van der Waals surface area contributed by atoms with Crippen molar-refractivity contribution in [3.8, 4) is 0 Å². The second-order valence-corrected chi connectivity index (χ2v) is 4.99. The topological polar surface area (TPSA) is 34.5 Å². The predicted octanol–water partition coefficient (Wildman–Crippen LogP) is 0.276. The zero-order valence-corrected chi connectivity index (χ0v) is 14.3. The summed E-state index contributed by atoms with van der Waals surface area (Å²) in [7, 11) is 0. The Bertz CT molecular complexity index is 612. The van der Waals surface area contributed by atoms with Gasteiger partial charge in [0.05, 0.1) is 6.61 Å². The van der Waals surface area contributed by atoms with Crippen molar-refractivity contribution < 1.29 is 23.4 Å². The Labute approximate surface area is 139 Å². The highest BCUT2D eigenvalue weighted by Crippen LogP contribution is 2.20. The second-order valence-electron chi connectivity index (χ2n) is 4.99. The Balaban J connectivity index is 0.00000242. The van der Waals surface area contributed by atoms with E-state index in [-0.39, 0.29) is 19.8 Å². The minimum Gasteiger partial charge on any atom is -1.00 e. The number of carbonyl (C=O) groups is 1. The normalized spacial score (nSPS) is 10.7. The van der Waals surface area contributed by atoms with Crippen LogP contribution in [-0.2, 0) is 11.3 Å². The molecule has 0 bridgehead atoms. The van der Waals surface area contributed by atoms with Gasteiger partial charge in [-0.05, 0) is 32.1 Å². The molecule has 1 aromatic heterocycles. The highest BCUT2D eigenvalue weighted by atomic mass is 35.5. The molecule has 0 atom stereocenters. The van der Waals surface area contributed by atoms with Crippen LogP contribution in [0, 0.1) is 0 Å². The molecule has 0 spiro atoms. The minimum absolute atomic E-state index is 0. The van der Waals surface area contributed by atoms with E-state index in [0.717, 1.165) is 37.1 Å². The Morgan fingerprint density at radius 1 is 1.23 bits per heavy atom. The molecule has 2 rings (SSSR count). The summed E-state index contributed by atoms with van der Waals surface area (Å²) in [5, 5.41) is 1.08. The maximum atomic E-state index is 12.2. The summed E-state index contributed by atoms with van der Waals surface area (Å²) in [6.45, 7) is 10.3. The summed E-state index contributed by atoms with van der Waals surface area (Å²) >= 11 is 0. The van der Waals surface area contributed by atoms with Crippen LogP contribution in [0.1, 0.15) is 32.7 Å². The van der Waals surface area contributed by atoms with Crippen LogP contribution < -0.4 is 12.4 Å². The van der Waals surface area contributed by atoms with Crippen molar-refractivity contribution in [1.82, 2.24) is 9.47 Å². The summed E-state index contributed by atoms with van der Waals surface area (Å²) in [6, 6.07) is 10.0. The molecule has 0 unspecified atom stereocenters. The van der Waals surface area contributed by atoms with Crippen molar-refractivity contribution in [1.29, 1.82) is 0 Å². The number of para-hydroxylation sites is 1. The van der Waals surface area contributed by atoms with Gasteiger partial charge in [-0.2, -0.15) is 0 Å². The highest BCUT2D eigenvalue weighted by Gasteiger charge is 2.16. The second kappa shape index (κ2) is 8.81. The lowest BCUT2D eigenvalue weighted by Crippen LogP contribution is -3.00. The van der Waals surface area contributed by atoms with Crippen molar-refractivity contribution in [2.24, 2.45) is 0 Å². The monoisotopic (exact) mass is 324 g/mol. The first-order valence-corrected chi connectivity index (χ1v) is 7.69. The zero-order valence-electron chi connectivity index (χ0n) is 14.5. The van der Waals surface area contributed by atoms with Crippen LogP contribution in [0.2, 0.25) is 0 Å². The van der Waals surface area contributed by atoms with E-state index in [1.165, 1.54) is 0 Å². The Morgan fingerprint density at radius 3 is 2.55 bits per heavy atom. The van der Waals surface area contributed by atoms with Crippen LogP contribution >= 0.6 is 0 Å². The van der Waals surface area contributed by atoms with Crippen LogP contribution in [0.15, 0.2) is 30.3 Å². The van der Waals surface area contributed by atoms with Crippen LogP contribution in [0.25, 0.3) is 10.9 Å². The van der Waals surface area contributed by atoms with Gasteiger partial charge in [-0.1, -0.05) is 32.0 Å². The van der Waals surface area contributed by atoms with Gasteiger partial charge in [0.2, 0.25) is 0 Å². The Kier molecular flexibility index (Phi) is 7.42. The lowest BCUT2D eigenvalue weighted by molar-refractivity contribution is -0.0000227. The third-order valence-electron chi connectivity index (χ3n) is 3.83. The number of benzene rings is 1. The lowest BCUT2D eigenvalue weighted by atomic mass is 10.2. The van der Waals surface area contributed by atoms with Gasteiger partial charge in [0.1, 0.15) is 5.69 Å². The highest BCUT2D eigenvalue weighted by molar-refractivity contribution is 5.95. The fourth-order valence-electron chi connectivity index (χ4n) is 2.61. The molecule has 0 saturated carbocycles. The number of fused-ring (bicyclic) bond motifs is 1. The molecule has 4 nitrogen and oxygen atoms in total. The minimum atomic E-state index is -0.242. The third-order valence-corrected chi connectivity index (χ3v) is 3.83. The van der Waals surface area contributed by atoms with Crippen molar-refractivity contribution in [2.75, 3.05) is 26.2 Å². The van der Waals surface area contributed by atoms with Crippen LogP contribution in [-0.4, -0.2) is 41.7 Å². The molecule has 0 radical (unpaired) electrons. The van der Waals surface area contributed by atoms with E-state index in [1.807, 2.05) is 31.2 Å². The van der Waals surface area contributed by atoms with Crippen LogP contribution in [0.5, 0.6) is 0 Å². The molecule has 0 amide bonds. The molecule has 0 aliphatic rings. The first-order chi connectivity index (χ1) is 10.2. The Hall–Kier alpha value is -1.52. The number of esters is 1. The molecule has 0 fully saturated rings. The van der Waals surface area contributed by atoms with Crippen molar-refractivity contribution in [3.63, 3.8) is 0 Å². The number of carbonyl (C=O) groups excluding carboxylic acids is 1. The van der Waals surface area contributed by atoms with Gasteiger partial charge < -0.3 is 26.6 Å². The third kappa shape index (κ3) is 4.02. The number of rotatable bonds is 7. The average Bonchev–Trinajstić information content (AvgIpc) is 2.87. The quantitative estimate of drug-likeness (QED) is 0.686. The molecule has 5 heteroatoms. The molecular weight excluding hydrogens is 300 g/mol. The molecule has 0 aliphatic carbocycles. The fraction of sp³-hybridized carbons (Fsp3) is 0.471. The maximum Gasteiger partial charge on any atom is 1.00 e. The van der Waals surface area contributed by atoms with Gasteiger partial charge >= 0.3 is 7.40 Å². The summed E-state index contributed by atoms with van der Waals surface area (Å²) in [6.07, 6.45) is 0. The number of nitrogens with zero attached hydrogens (tertiary/aromatic N) is 2. The Morgan fingerprint density at radius 2 is 1.91 bits per heavy atom. The first kappa shape index (κ1) is 18.5. The summed E-state index contributed by atoms with van der Waals surface area (Å²) in [4.78, 5) is 14.5. The van der Waals surface area contributed by atoms with Crippen molar-refractivity contribution in [2.45, 2.75) is 27.3 Å². The molecule has 0 aliphatic heterocycles. The standard InChI is InChI=1S/C17H24N2O2.ClH/c1-4-18(5-2)11-12-19-15-10-8-7-9-14(15)13-16(19)17(20)21-6-3;/h7-10,13H,4-6,11-12H2,1-3H3;1H. The van der Waals surface area contributed by atoms with E-state index < -0.39 is 0 Å². The van der Waals surface area contributed by atoms with Gasteiger partial charge in [0.25, 0.3) is 0 Å². The fourth-order valence-corrected chi connectivity index (χ4v) is 2.61. The summed E-state index contributed by atoms with van der Waals surface area (Å²) in [5.41, 5.74) is 1.73. The van der Waals surface area contributed by atoms with Gasteiger partial charge in [-0.25, -0.2) is 4.79 Å². The zero-order chi connectivity index (χ0) is 15.2. The molecule has 1 heterocycles. The molecule has 122 valence electrons. The van der Waals surface area contributed by atoms with E-state index in [0.29, 0.717) is 12.3 Å². The van der Waals surface area contributed by atoms with Crippen LogP contribution in [0.4, 0.5) is 0 Å². The lowest BCUT2D eigenvalue weighted by Gasteiger charge is -2.19. The van der Waals surface area contributed by atoms with E-state index in [1.54, 1.807) is 0 Å². The summed E-state index contributed by atoms with van der Waals surface area (Å²) in [5.74, 6) is -0.242. The SMILES string of the molecule is CCOC(=O)c1cc2ccccc2n1CCN(CC)CC.[Cl-].[H+]. The molecule has 1 aromatic carbocycles. The van der Waals surface area contributed by atoms with Crippen molar-refractivity contribution >= 4 is 16.9 Å². The first-order valence-electron chi connectivity index (χ1n) is 7.69. The molecule has 2 aromatic rings. The number of hydrogen-bond donors (Lipinski definition) is 0. The maximum absolute atomic E-state index is 12.2. The molecule has 0 N–H and O–H groups in total. The van der Waals surface area contributed by atoms with Crippen molar-refractivity contribution in [3.05, 3.63) is 36.0 Å². The predicted molar refractivity (Wildman–Crippen MR) is 86.8 cm³/mol. The molecule has 22 heavy (non-hydrogen) atoms. The number of likely N-dealkylation sites (N-methyl/N-ethyl adjacent to an activating group) is 1. The van der Waals surface area contributed by atoms with E-state index >= 15 is 0 Å².